The van der Waals surface area contributed by atoms with Crippen LogP contribution in [0.5, 0.6) is 5.75 Å². The summed E-state index contributed by atoms with van der Waals surface area (Å²) in [6.07, 6.45) is 1.67. The fraction of sp³-hybridized carbons (Fsp3) is 0.368. The molecule has 1 atom stereocenters. The van der Waals surface area contributed by atoms with E-state index in [-0.39, 0.29) is 11.7 Å². The maximum Gasteiger partial charge on any atom is 0.126 e. The zero-order valence-corrected chi connectivity index (χ0v) is 13.3. The molecule has 2 aromatic carbocycles. The number of ether oxygens (including phenoxy) is 1. The molecule has 2 N–H and O–H groups in total. The zero-order chi connectivity index (χ0) is 15.9. The largest absolute Gasteiger partial charge is 0.494 e. The van der Waals surface area contributed by atoms with E-state index in [1.165, 1.54) is 17.2 Å². The van der Waals surface area contributed by atoms with Crippen molar-refractivity contribution in [2.45, 2.75) is 32.6 Å². The van der Waals surface area contributed by atoms with Crippen LogP contribution in [0.15, 0.2) is 42.5 Å². The highest BCUT2D eigenvalue weighted by molar-refractivity contribution is 5.33. The number of hydrogen-bond acceptors (Lipinski definition) is 2. The van der Waals surface area contributed by atoms with E-state index in [1.807, 2.05) is 24.3 Å². The first-order valence-electron chi connectivity index (χ1n) is 7.75. The Bertz CT molecular complexity index is 592. The Hall–Kier alpha value is -1.87. The van der Waals surface area contributed by atoms with Crippen molar-refractivity contribution in [2.24, 2.45) is 5.73 Å². The number of rotatable bonds is 7. The van der Waals surface area contributed by atoms with Gasteiger partial charge in [0, 0.05) is 0 Å². The van der Waals surface area contributed by atoms with Gasteiger partial charge in [-0.2, -0.15) is 0 Å². The van der Waals surface area contributed by atoms with Crippen LogP contribution in [0.2, 0.25) is 0 Å². The third kappa shape index (κ3) is 4.57. The Labute approximate surface area is 132 Å². The van der Waals surface area contributed by atoms with Gasteiger partial charge in [0.1, 0.15) is 11.6 Å². The van der Waals surface area contributed by atoms with Crippen LogP contribution < -0.4 is 10.5 Å². The molecule has 0 radical (unpaired) electrons. The van der Waals surface area contributed by atoms with E-state index in [2.05, 4.69) is 19.9 Å². The number of hydrogen-bond donors (Lipinski definition) is 1. The molecule has 0 aliphatic heterocycles. The fourth-order valence-electron chi connectivity index (χ4n) is 2.74. The van der Waals surface area contributed by atoms with Crippen LogP contribution in [0.1, 0.15) is 35.4 Å². The van der Waals surface area contributed by atoms with Gasteiger partial charge in [0.05, 0.1) is 6.61 Å². The summed E-state index contributed by atoms with van der Waals surface area (Å²) in [5.74, 6) is 0.768. The van der Waals surface area contributed by atoms with Crippen molar-refractivity contribution in [3.63, 3.8) is 0 Å². The lowest BCUT2D eigenvalue weighted by Crippen LogP contribution is -2.15. The van der Waals surface area contributed by atoms with Crippen LogP contribution in [-0.4, -0.2) is 13.2 Å². The quantitative estimate of drug-likeness (QED) is 0.772. The molecule has 2 nitrogen and oxygen atoms in total. The second-order valence-corrected chi connectivity index (χ2v) is 5.77. The highest BCUT2D eigenvalue weighted by Crippen LogP contribution is 2.23. The molecule has 0 spiro atoms. The predicted octanol–water partition coefficient (Wildman–Crippen LogP) is 4.34. The van der Waals surface area contributed by atoms with Crippen molar-refractivity contribution >= 4 is 0 Å². The summed E-state index contributed by atoms with van der Waals surface area (Å²) in [7, 11) is 0. The fourth-order valence-corrected chi connectivity index (χ4v) is 2.74. The van der Waals surface area contributed by atoms with E-state index in [9.17, 15) is 4.39 Å². The van der Waals surface area contributed by atoms with Gasteiger partial charge in [-0.3, -0.25) is 0 Å². The molecule has 0 aliphatic carbocycles. The van der Waals surface area contributed by atoms with E-state index in [0.29, 0.717) is 18.7 Å². The number of aryl methyl sites for hydroxylation is 2. The number of nitrogens with two attached hydrogens (primary N) is 1. The monoisotopic (exact) mass is 301 g/mol. The van der Waals surface area contributed by atoms with Crippen LogP contribution in [0.3, 0.4) is 0 Å². The third-order valence-electron chi connectivity index (χ3n) is 3.79. The van der Waals surface area contributed by atoms with Crippen molar-refractivity contribution in [2.75, 3.05) is 13.2 Å². The second-order valence-electron chi connectivity index (χ2n) is 5.77. The molecule has 0 saturated heterocycles. The van der Waals surface area contributed by atoms with E-state index in [1.54, 1.807) is 6.07 Å². The SMILES string of the molecule is Cc1cc(C)cc(OCCCC(CN)c2ccccc2F)c1. The highest BCUT2D eigenvalue weighted by atomic mass is 19.1. The average molecular weight is 301 g/mol. The predicted molar refractivity (Wildman–Crippen MR) is 88.8 cm³/mol. The first-order valence-corrected chi connectivity index (χ1v) is 7.75. The molecule has 0 bridgehead atoms. The number of benzene rings is 2. The standard InChI is InChI=1S/C19H24FNO/c1-14-10-15(2)12-17(11-14)22-9-5-6-16(13-21)18-7-3-4-8-19(18)20/h3-4,7-8,10-12,16H,5-6,9,13,21H2,1-2H3. The van der Waals surface area contributed by atoms with Gasteiger partial charge < -0.3 is 10.5 Å². The molecule has 118 valence electrons. The van der Waals surface area contributed by atoms with Crippen LogP contribution in [0, 0.1) is 19.7 Å². The zero-order valence-electron chi connectivity index (χ0n) is 13.3. The van der Waals surface area contributed by atoms with Crippen molar-refractivity contribution in [3.8, 4) is 5.75 Å². The van der Waals surface area contributed by atoms with Crippen LogP contribution in [-0.2, 0) is 0 Å². The molecule has 3 heteroatoms. The van der Waals surface area contributed by atoms with Gasteiger partial charge in [0.2, 0.25) is 0 Å². The summed E-state index contributed by atoms with van der Waals surface area (Å²) in [5, 5.41) is 0. The summed E-state index contributed by atoms with van der Waals surface area (Å²) >= 11 is 0. The highest BCUT2D eigenvalue weighted by Gasteiger charge is 2.13. The molecular formula is C19H24FNO. The molecular weight excluding hydrogens is 277 g/mol. The first-order chi connectivity index (χ1) is 10.6. The topological polar surface area (TPSA) is 35.2 Å². The summed E-state index contributed by atoms with van der Waals surface area (Å²) in [5.41, 5.74) is 8.90. The van der Waals surface area contributed by atoms with E-state index in [4.69, 9.17) is 10.5 Å². The van der Waals surface area contributed by atoms with Gasteiger partial charge in [-0.05, 0) is 74.0 Å². The number of halogens is 1. The molecule has 0 saturated carbocycles. The Balaban J connectivity index is 1.86. The Morgan fingerprint density at radius 2 is 1.77 bits per heavy atom. The Morgan fingerprint density at radius 1 is 1.09 bits per heavy atom. The van der Waals surface area contributed by atoms with Crippen LogP contribution in [0.4, 0.5) is 4.39 Å². The van der Waals surface area contributed by atoms with E-state index in [0.717, 1.165) is 18.6 Å². The van der Waals surface area contributed by atoms with Crippen molar-refractivity contribution in [1.82, 2.24) is 0 Å². The summed E-state index contributed by atoms with van der Waals surface area (Å²) < 4.78 is 19.6. The molecule has 2 rings (SSSR count). The molecule has 0 heterocycles. The van der Waals surface area contributed by atoms with E-state index >= 15 is 0 Å². The van der Waals surface area contributed by atoms with Gasteiger partial charge in [-0.15, -0.1) is 0 Å². The smallest absolute Gasteiger partial charge is 0.126 e. The molecule has 2 aromatic rings. The minimum Gasteiger partial charge on any atom is -0.494 e. The Kier molecular flexibility index (Phi) is 5.96. The van der Waals surface area contributed by atoms with Gasteiger partial charge in [0.25, 0.3) is 0 Å². The summed E-state index contributed by atoms with van der Waals surface area (Å²) in [6.45, 7) is 5.18. The molecule has 0 aliphatic rings. The molecule has 0 amide bonds. The molecule has 22 heavy (non-hydrogen) atoms. The average Bonchev–Trinajstić information content (AvgIpc) is 2.47. The molecule has 0 aromatic heterocycles. The minimum atomic E-state index is -0.173. The van der Waals surface area contributed by atoms with Gasteiger partial charge >= 0.3 is 0 Å². The van der Waals surface area contributed by atoms with Gasteiger partial charge in [-0.25, -0.2) is 4.39 Å². The van der Waals surface area contributed by atoms with E-state index < -0.39 is 0 Å². The van der Waals surface area contributed by atoms with Crippen LogP contribution in [0.25, 0.3) is 0 Å². The van der Waals surface area contributed by atoms with Crippen molar-refractivity contribution < 1.29 is 9.13 Å². The molecule has 0 fully saturated rings. The minimum absolute atomic E-state index is 0.0454. The van der Waals surface area contributed by atoms with Gasteiger partial charge in [-0.1, -0.05) is 24.3 Å². The lowest BCUT2D eigenvalue weighted by molar-refractivity contribution is 0.301. The first kappa shape index (κ1) is 16.5. The molecule has 1 unspecified atom stereocenters. The maximum atomic E-state index is 13.8. The normalized spacial score (nSPS) is 12.2. The lowest BCUT2D eigenvalue weighted by atomic mass is 9.94. The van der Waals surface area contributed by atoms with Gasteiger partial charge in [0.15, 0.2) is 0 Å². The summed E-state index contributed by atoms with van der Waals surface area (Å²) in [4.78, 5) is 0. The maximum absolute atomic E-state index is 13.8. The van der Waals surface area contributed by atoms with Crippen molar-refractivity contribution in [1.29, 1.82) is 0 Å². The lowest BCUT2D eigenvalue weighted by Gasteiger charge is -2.16. The Morgan fingerprint density at radius 3 is 2.41 bits per heavy atom. The van der Waals surface area contributed by atoms with Crippen LogP contribution >= 0.6 is 0 Å². The summed E-state index contributed by atoms with van der Waals surface area (Å²) in [6, 6.07) is 13.0. The van der Waals surface area contributed by atoms with Crippen molar-refractivity contribution in [3.05, 3.63) is 65.0 Å². The third-order valence-corrected chi connectivity index (χ3v) is 3.79. The second kappa shape index (κ2) is 7.95.